The van der Waals surface area contributed by atoms with E-state index in [9.17, 15) is 4.79 Å². The van der Waals surface area contributed by atoms with Crippen molar-refractivity contribution < 1.29 is 4.79 Å². The molecular weight excluding hydrogens is 200 g/mol. The van der Waals surface area contributed by atoms with Gasteiger partial charge in [0, 0.05) is 31.8 Å². The van der Waals surface area contributed by atoms with E-state index in [0.29, 0.717) is 0 Å². The number of piperazine rings is 1. The molecule has 1 amide bonds. The van der Waals surface area contributed by atoms with E-state index in [0.717, 1.165) is 31.8 Å². The fraction of sp³-hybridized carbons (Fsp3) is 0.615. The predicted octanol–water partition coefficient (Wildman–Crippen LogP) is 1.67. The Labute approximate surface area is 98.4 Å². The van der Waals surface area contributed by atoms with Crippen LogP contribution in [0, 0.1) is 0 Å². The minimum absolute atomic E-state index is 0.172. The summed E-state index contributed by atoms with van der Waals surface area (Å²) in [5, 5.41) is 0. The zero-order valence-corrected chi connectivity index (χ0v) is 10.8. The third-order valence-electron chi connectivity index (χ3n) is 2.79. The second-order valence-corrected chi connectivity index (χ2v) is 4.69. The summed E-state index contributed by atoms with van der Waals surface area (Å²) in [6.45, 7) is 9.59. The third kappa shape index (κ3) is 3.81. The highest BCUT2D eigenvalue weighted by Gasteiger charge is 2.19. The van der Waals surface area contributed by atoms with Gasteiger partial charge in [0.15, 0.2) is 0 Å². The van der Waals surface area contributed by atoms with Gasteiger partial charge in [-0.05, 0) is 27.8 Å². The van der Waals surface area contributed by atoms with Crippen molar-refractivity contribution in [3.05, 3.63) is 23.3 Å². The molecule has 0 aromatic carbocycles. The molecule has 1 heterocycles. The first kappa shape index (κ1) is 13.0. The Kier molecular flexibility index (Phi) is 4.74. The average molecular weight is 222 g/mol. The third-order valence-corrected chi connectivity index (χ3v) is 2.79. The maximum absolute atomic E-state index is 12.0. The monoisotopic (exact) mass is 222 g/mol. The van der Waals surface area contributed by atoms with Crippen molar-refractivity contribution >= 4 is 5.91 Å². The van der Waals surface area contributed by atoms with Gasteiger partial charge in [-0.3, -0.25) is 4.79 Å². The van der Waals surface area contributed by atoms with E-state index in [1.807, 2.05) is 37.8 Å². The van der Waals surface area contributed by atoms with Gasteiger partial charge < -0.3 is 9.80 Å². The molecule has 1 saturated heterocycles. The van der Waals surface area contributed by atoms with Gasteiger partial charge in [0.25, 0.3) is 0 Å². The maximum atomic E-state index is 12.0. The molecule has 16 heavy (non-hydrogen) atoms. The lowest BCUT2D eigenvalue weighted by Crippen LogP contribution is -2.47. The highest BCUT2D eigenvalue weighted by Crippen LogP contribution is 2.06. The fourth-order valence-corrected chi connectivity index (χ4v) is 1.62. The summed E-state index contributed by atoms with van der Waals surface area (Å²) in [6, 6.07) is 0. The highest BCUT2D eigenvalue weighted by atomic mass is 16.2. The molecule has 90 valence electrons. The summed E-state index contributed by atoms with van der Waals surface area (Å²) < 4.78 is 0. The van der Waals surface area contributed by atoms with Crippen molar-refractivity contribution in [1.29, 1.82) is 0 Å². The lowest BCUT2D eigenvalue weighted by Gasteiger charge is -2.32. The number of amides is 1. The second-order valence-electron chi connectivity index (χ2n) is 4.69. The number of hydrogen-bond acceptors (Lipinski definition) is 2. The van der Waals surface area contributed by atoms with Crippen LogP contribution in [0.2, 0.25) is 0 Å². The number of nitrogens with zero attached hydrogens (tertiary/aromatic N) is 2. The molecule has 1 aliphatic rings. The Balaban J connectivity index is 2.57. The number of rotatable bonds is 2. The van der Waals surface area contributed by atoms with Crippen LogP contribution in [0.25, 0.3) is 0 Å². The Bertz CT molecular complexity index is 306. The zero-order chi connectivity index (χ0) is 12.1. The van der Waals surface area contributed by atoms with E-state index in [-0.39, 0.29) is 5.91 Å². The van der Waals surface area contributed by atoms with Gasteiger partial charge in [-0.15, -0.1) is 0 Å². The van der Waals surface area contributed by atoms with Crippen LogP contribution < -0.4 is 0 Å². The van der Waals surface area contributed by atoms with Crippen LogP contribution >= 0.6 is 0 Å². The van der Waals surface area contributed by atoms with E-state index in [1.54, 1.807) is 0 Å². The Morgan fingerprint density at radius 3 is 2.06 bits per heavy atom. The van der Waals surface area contributed by atoms with Crippen LogP contribution in [0.3, 0.4) is 0 Å². The topological polar surface area (TPSA) is 23.6 Å². The molecule has 0 radical (unpaired) electrons. The second kappa shape index (κ2) is 5.85. The lowest BCUT2D eigenvalue weighted by atomic mass is 10.2. The molecule has 1 aliphatic heterocycles. The molecule has 1 fully saturated rings. The zero-order valence-electron chi connectivity index (χ0n) is 10.8. The first-order chi connectivity index (χ1) is 7.50. The van der Waals surface area contributed by atoms with Crippen LogP contribution in [0.5, 0.6) is 0 Å². The van der Waals surface area contributed by atoms with Gasteiger partial charge >= 0.3 is 0 Å². The molecule has 0 unspecified atom stereocenters. The lowest BCUT2D eigenvalue weighted by molar-refractivity contribution is -0.128. The molecule has 3 nitrogen and oxygen atoms in total. The van der Waals surface area contributed by atoms with Crippen molar-refractivity contribution in [2.45, 2.75) is 20.8 Å². The number of hydrogen-bond donors (Lipinski definition) is 0. The molecule has 3 heteroatoms. The van der Waals surface area contributed by atoms with E-state index in [4.69, 9.17) is 0 Å². The highest BCUT2D eigenvalue weighted by molar-refractivity contribution is 5.93. The van der Waals surface area contributed by atoms with Gasteiger partial charge in [0.05, 0.1) is 0 Å². The van der Waals surface area contributed by atoms with Crippen LogP contribution in [0.1, 0.15) is 20.8 Å². The SMILES string of the molecule is CC(C)=C/C=C(\C)C(=O)N1CCN(C)CC1. The summed E-state index contributed by atoms with van der Waals surface area (Å²) in [6.07, 6.45) is 3.90. The Morgan fingerprint density at radius 1 is 1.00 bits per heavy atom. The maximum Gasteiger partial charge on any atom is 0.249 e. The van der Waals surface area contributed by atoms with Crippen molar-refractivity contribution in [3.8, 4) is 0 Å². The van der Waals surface area contributed by atoms with Crippen LogP contribution in [0.15, 0.2) is 23.3 Å². The molecule has 0 N–H and O–H groups in total. The quantitative estimate of drug-likeness (QED) is 0.524. The molecule has 0 aromatic heterocycles. The minimum Gasteiger partial charge on any atom is -0.336 e. The number of carbonyl (C=O) groups excluding carboxylic acids is 1. The molecule has 0 spiro atoms. The summed E-state index contributed by atoms with van der Waals surface area (Å²) in [5.41, 5.74) is 2.04. The standard InChI is InChI=1S/C13H22N2O/c1-11(2)5-6-12(3)13(16)15-9-7-14(4)8-10-15/h5-6H,7-10H2,1-4H3/b12-6+. The van der Waals surface area contributed by atoms with Gasteiger partial charge in [0.1, 0.15) is 0 Å². The molecule has 0 atom stereocenters. The number of carbonyl (C=O) groups is 1. The van der Waals surface area contributed by atoms with Gasteiger partial charge in [0.2, 0.25) is 5.91 Å². The average Bonchev–Trinajstić information content (AvgIpc) is 2.26. The molecular formula is C13H22N2O. The van der Waals surface area contributed by atoms with E-state index in [1.165, 1.54) is 5.57 Å². The number of allylic oxidation sites excluding steroid dienone is 3. The Hall–Kier alpha value is -1.09. The summed E-state index contributed by atoms with van der Waals surface area (Å²) in [5.74, 6) is 0.172. The predicted molar refractivity (Wildman–Crippen MR) is 67.3 cm³/mol. The Morgan fingerprint density at radius 2 is 1.56 bits per heavy atom. The molecule has 0 aliphatic carbocycles. The minimum atomic E-state index is 0.172. The van der Waals surface area contributed by atoms with Gasteiger partial charge in [-0.1, -0.05) is 17.7 Å². The van der Waals surface area contributed by atoms with Crippen LogP contribution in [-0.2, 0) is 4.79 Å². The molecule has 0 aromatic rings. The van der Waals surface area contributed by atoms with Crippen molar-refractivity contribution in [3.63, 3.8) is 0 Å². The van der Waals surface area contributed by atoms with Crippen LogP contribution in [-0.4, -0.2) is 48.9 Å². The van der Waals surface area contributed by atoms with Crippen molar-refractivity contribution in [2.24, 2.45) is 0 Å². The molecule has 1 rings (SSSR count). The van der Waals surface area contributed by atoms with E-state index >= 15 is 0 Å². The molecule has 0 bridgehead atoms. The summed E-state index contributed by atoms with van der Waals surface area (Å²) >= 11 is 0. The fourth-order valence-electron chi connectivity index (χ4n) is 1.62. The first-order valence-corrected chi connectivity index (χ1v) is 5.80. The normalized spacial score (nSPS) is 18.5. The number of likely N-dealkylation sites (N-methyl/N-ethyl adjacent to an activating group) is 1. The van der Waals surface area contributed by atoms with Crippen LogP contribution in [0.4, 0.5) is 0 Å². The largest absolute Gasteiger partial charge is 0.336 e. The summed E-state index contributed by atoms with van der Waals surface area (Å²) in [4.78, 5) is 16.2. The van der Waals surface area contributed by atoms with E-state index in [2.05, 4.69) is 11.9 Å². The van der Waals surface area contributed by atoms with Crippen molar-refractivity contribution in [1.82, 2.24) is 9.80 Å². The summed E-state index contributed by atoms with van der Waals surface area (Å²) in [7, 11) is 2.09. The smallest absolute Gasteiger partial charge is 0.249 e. The first-order valence-electron chi connectivity index (χ1n) is 5.80. The van der Waals surface area contributed by atoms with E-state index < -0.39 is 0 Å². The molecule has 0 saturated carbocycles. The van der Waals surface area contributed by atoms with Gasteiger partial charge in [-0.2, -0.15) is 0 Å². The van der Waals surface area contributed by atoms with Gasteiger partial charge in [-0.25, -0.2) is 0 Å². The van der Waals surface area contributed by atoms with Crippen molar-refractivity contribution in [2.75, 3.05) is 33.2 Å².